The van der Waals surface area contributed by atoms with Crippen molar-refractivity contribution < 1.29 is 0 Å². The van der Waals surface area contributed by atoms with Crippen molar-refractivity contribution in [1.82, 2.24) is 0 Å². The number of hydrogen-bond donors (Lipinski definition) is 1. The highest BCUT2D eigenvalue weighted by Gasteiger charge is 2.24. The van der Waals surface area contributed by atoms with Crippen LogP contribution < -0.4 is 0 Å². The molecule has 0 N–H and O–H groups in total. The SMILES string of the molecule is CC1CCC(C)C(CCS)C1. The van der Waals surface area contributed by atoms with Crippen LogP contribution in [-0.4, -0.2) is 5.75 Å². The van der Waals surface area contributed by atoms with Crippen molar-refractivity contribution in [3.63, 3.8) is 0 Å². The fourth-order valence-corrected chi connectivity index (χ4v) is 2.55. The first-order valence-corrected chi connectivity index (χ1v) is 5.48. The van der Waals surface area contributed by atoms with Gasteiger partial charge in [-0.2, -0.15) is 12.6 Å². The Bertz CT molecular complexity index is 111. The Balaban J connectivity index is 2.34. The molecule has 0 radical (unpaired) electrons. The second kappa shape index (κ2) is 4.39. The van der Waals surface area contributed by atoms with Crippen LogP contribution in [0.15, 0.2) is 0 Å². The third-order valence-electron chi connectivity index (χ3n) is 3.12. The Kier molecular flexibility index (Phi) is 3.77. The molecule has 0 nitrogen and oxygen atoms in total. The Morgan fingerprint density at radius 2 is 2.00 bits per heavy atom. The zero-order valence-corrected chi connectivity index (χ0v) is 8.61. The van der Waals surface area contributed by atoms with Crippen LogP contribution in [0.1, 0.15) is 39.5 Å². The van der Waals surface area contributed by atoms with Gasteiger partial charge >= 0.3 is 0 Å². The van der Waals surface area contributed by atoms with Crippen LogP contribution in [0.4, 0.5) is 0 Å². The minimum Gasteiger partial charge on any atom is -0.179 e. The molecule has 1 rings (SSSR count). The van der Waals surface area contributed by atoms with Gasteiger partial charge in [-0.1, -0.05) is 26.7 Å². The van der Waals surface area contributed by atoms with Crippen LogP contribution in [0, 0.1) is 17.8 Å². The van der Waals surface area contributed by atoms with Gasteiger partial charge in [-0.25, -0.2) is 0 Å². The largest absolute Gasteiger partial charge is 0.179 e. The molecule has 0 amide bonds. The molecule has 1 heteroatoms. The van der Waals surface area contributed by atoms with E-state index in [-0.39, 0.29) is 0 Å². The van der Waals surface area contributed by atoms with Crippen LogP contribution in [0.25, 0.3) is 0 Å². The first-order valence-electron chi connectivity index (χ1n) is 4.85. The molecule has 0 aromatic carbocycles. The number of thiol groups is 1. The monoisotopic (exact) mass is 172 g/mol. The Morgan fingerprint density at radius 3 is 2.64 bits per heavy atom. The molecular weight excluding hydrogens is 152 g/mol. The lowest BCUT2D eigenvalue weighted by molar-refractivity contribution is 0.200. The Labute approximate surface area is 76.2 Å². The highest BCUT2D eigenvalue weighted by Crippen LogP contribution is 2.35. The first-order chi connectivity index (χ1) is 5.24. The minimum atomic E-state index is 0.957. The second-order valence-corrected chi connectivity index (χ2v) is 4.62. The van der Waals surface area contributed by atoms with Gasteiger partial charge in [0.1, 0.15) is 0 Å². The highest BCUT2D eigenvalue weighted by molar-refractivity contribution is 7.80. The van der Waals surface area contributed by atoms with Gasteiger partial charge in [0, 0.05) is 0 Å². The van der Waals surface area contributed by atoms with Gasteiger partial charge in [-0.05, 0) is 36.3 Å². The van der Waals surface area contributed by atoms with Crippen molar-refractivity contribution in [2.45, 2.75) is 39.5 Å². The minimum absolute atomic E-state index is 0.957. The lowest BCUT2D eigenvalue weighted by Gasteiger charge is -2.32. The fourth-order valence-electron chi connectivity index (χ4n) is 2.22. The maximum absolute atomic E-state index is 4.30. The predicted octanol–water partition coefficient (Wildman–Crippen LogP) is 3.38. The molecule has 0 spiro atoms. The summed E-state index contributed by atoms with van der Waals surface area (Å²) in [5, 5.41) is 0. The summed E-state index contributed by atoms with van der Waals surface area (Å²) in [4.78, 5) is 0. The third kappa shape index (κ3) is 2.70. The van der Waals surface area contributed by atoms with Crippen molar-refractivity contribution >= 4 is 12.6 Å². The van der Waals surface area contributed by atoms with Crippen LogP contribution in [0.3, 0.4) is 0 Å². The smallest absolute Gasteiger partial charge is 0.00952 e. The summed E-state index contributed by atoms with van der Waals surface area (Å²) in [6, 6.07) is 0. The van der Waals surface area contributed by atoms with Crippen LogP contribution in [0.2, 0.25) is 0 Å². The van der Waals surface area contributed by atoms with Crippen LogP contribution in [0.5, 0.6) is 0 Å². The van der Waals surface area contributed by atoms with E-state index in [1.165, 1.54) is 25.7 Å². The van der Waals surface area contributed by atoms with Gasteiger partial charge < -0.3 is 0 Å². The summed E-state index contributed by atoms with van der Waals surface area (Å²) in [5.41, 5.74) is 0. The summed E-state index contributed by atoms with van der Waals surface area (Å²) < 4.78 is 0. The third-order valence-corrected chi connectivity index (χ3v) is 3.38. The van der Waals surface area contributed by atoms with E-state index in [2.05, 4.69) is 26.5 Å². The van der Waals surface area contributed by atoms with Gasteiger partial charge in [0.25, 0.3) is 0 Å². The van der Waals surface area contributed by atoms with E-state index in [1.54, 1.807) is 0 Å². The second-order valence-electron chi connectivity index (χ2n) is 4.17. The molecule has 3 atom stereocenters. The molecule has 0 aliphatic heterocycles. The predicted molar refractivity (Wildman–Crippen MR) is 54.1 cm³/mol. The Morgan fingerprint density at radius 1 is 1.27 bits per heavy atom. The molecule has 1 saturated carbocycles. The van der Waals surface area contributed by atoms with Crippen LogP contribution in [-0.2, 0) is 0 Å². The molecule has 3 unspecified atom stereocenters. The number of hydrogen-bond acceptors (Lipinski definition) is 1. The van der Waals surface area contributed by atoms with Crippen LogP contribution >= 0.6 is 12.6 Å². The van der Waals surface area contributed by atoms with E-state index >= 15 is 0 Å². The molecule has 0 bridgehead atoms. The van der Waals surface area contributed by atoms with Crippen molar-refractivity contribution in [1.29, 1.82) is 0 Å². The lowest BCUT2D eigenvalue weighted by atomic mass is 9.74. The molecule has 0 aromatic rings. The average Bonchev–Trinajstić information content (AvgIpc) is 1.98. The average molecular weight is 172 g/mol. The maximum Gasteiger partial charge on any atom is -0.00952 e. The standard InChI is InChI=1S/C10H20S/c1-8-3-4-9(2)10(7-8)5-6-11/h8-11H,3-7H2,1-2H3. The van der Waals surface area contributed by atoms with Crippen molar-refractivity contribution in [2.75, 3.05) is 5.75 Å². The topological polar surface area (TPSA) is 0 Å². The quantitative estimate of drug-likeness (QED) is 0.607. The molecule has 0 saturated heterocycles. The molecule has 1 aliphatic carbocycles. The first kappa shape index (κ1) is 9.44. The van der Waals surface area contributed by atoms with Gasteiger partial charge in [-0.15, -0.1) is 0 Å². The summed E-state index contributed by atoms with van der Waals surface area (Å²) >= 11 is 4.30. The van der Waals surface area contributed by atoms with Gasteiger partial charge in [0.2, 0.25) is 0 Å². The van der Waals surface area contributed by atoms with E-state index in [4.69, 9.17) is 0 Å². The summed E-state index contributed by atoms with van der Waals surface area (Å²) in [6.07, 6.45) is 5.67. The lowest BCUT2D eigenvalue weighted by Crippen LogP contribution is -2.21. The van der Waals surface area contributed by atoms with E-state index in [9.17, 15) is 0 Å². The molecule has 0 heterocycles. The molecular formula is C10H20S. The highest BCUT2D eigenvalue weighted by atomic mass is 32.1. The zero-order valence-electron chi connectivity index (χ0n) is 7.71. The Hall–Kier alpha value is 0.350. The van der Waals surface area contributed by atoms with E-state index in [1.807, 2.05) is 0 Å². The maximum atomic E-state index is 4.30. The summed E-state index contributed by atoms with van der Waals surface area (Å²) in [6.45, 7) is 4.79. The van der Waals surface area contributed by atoms with Gasteiger partial charge in [-0.3, -0.25) is 0 Å². The van der Waals surface area contributed by atoms with Crippen molar-refractivity contribution in [3.05, 3.63) is 0 Å². The van der Waals surface area contributed by atoms with E-state index in [0.29, 0.717) is 0 Å². The molecule has 0 aromatic heterocycles. The normalized spacial score (nSPS) is 39.0. The van der Waals surface area contributed by atoms with Gasteiger partial charge in [0.15, 0.2) is 0 Å². The molecule has 1 aliphatic rings. The van der Waals surface area contributed by atoms with Crippen molar-refractivity contribution in [3.8, 4) is 0 Å². The zero-order chi connectivity index (χ0) is 8.27. The summed E-state index contributed by atoms with van der Waals surface area (Å²) in [7, 11) is 0. The molecule has 66 valence electrons. The van der Waals surface area contributed by atoms with Crippen molar-refractivity contribution in [2.24, 2.45) is 17.8 Å². The van der Waals surface area contributed by atoms with E-state index < -0.39 is 0 Å². The fraction of sp³-hybridized carbons (Fsp3) is 1.00. The van der Waals surface area contributed by atoms with E-state index in [0.717, 1.165) is 23.5 Å². The molecule has 11 heavy (non-hydrogen) atoms. The molecule has 1 fully saturated rings. The van der Waals surface area contributed by atoms with Gasteiger partial charge in [0.05, 0.1) is 0 Å². The number of rotatable bonds is 2. The summed E-state index contributed by atoms with van der Waals surface area (Å²) in [5.74, 6) is 3.97.